The lowest BCUT2D eigenvalue weighted by Crippen LogP contribution is -2.12. The summed E-state index contributed by atoms with van der Waals surface area (Å²) in [4.78, 5) is 11.4. The molecule has 1 fully saturated rings. The van der Waals surface area contributed by atoms with Crippen molar-refractivity contribution < 1.29 is 9.53 Å². The molecule has 0 aliphatic heterocycles. The Morgan fingerprint density at radius 3 is 3.00 bits per heavy atom. The third-order valence-electron chi connectivity index (χ3n) is 3.21. The van der Waals surface area contributed by atoms with Gasteiger partial charge in [-0.15, -0.1) is 0 Å². The number of hydrogen-bond donors (Lipinski definition) is 0. The lowest BCUT2D eigenvalue weighted by atomic mass is 10.1. The third kappa shape index (κ3) is 2.03. The van der Waals surface area contributed by atoms with E-state index in [9.17, 15) is 4.79 Å². The Hall–Kier alpha value is -1.36. The van der Waals surface area contributed by atoms with Gasteiger partial charge in [-0.3, -0.25) is 9.48 Å². The highest BCUT2D eigenvalue weighted by atomic mass is 79.9. The first-order valence-electron chi connectivity index (χ1n) is 5.92. The Bertz CT molecular complexity index is 617. The van der Waals surface area contributed by atoms with Crippen LogP contribution in [0.3, 0.4) is 0 Å². The number of benzene rings is 1. The van der Waals surface area contributed by atoms with Gasteiger partial charge in [0.1, 0.15) is 6.54 Å². The molecule has 1 aromatic heterocycles. The zero-order valence-corrected chi connectivity index (χ0v) is 11.6. The Morgan fingerprint density at radius 2 is 2.33 bits per heavy atom. The van der Waals surface area contributed by atoms with E-state index in [1.165, 1.54) is 20.0 Å². The predicted molar refractivity (Wildman–Crippen MR) is 71.4 cm³/mol. The van der Waals surface area contributed by atoms with E-state index in [1.807, 2.05) is 12.1 Å². The molecule has 94 valence electrons. The topological polar surface area (TPSA) is 44.1 Å². The van der Waals surface area contributed by atoms with Crippen LogP contribution in [0.5, 0.6) is 0 Å². The maximum atomic E-state index is 11.4. The zero-order chi connectivity index (χ0) is 12.7. The van der Waals surface area contributed by atoms with Crippen LogP contribution >= 0.6 is 15.9 Å². The maximum absolute atomic E-state index is 11.4. The van der Waals surface area contributed by atoms with Gasteiger partial charge in [0.15, 0.2) is 0 Å². The minimum atomic E-state index is -0.273. The summed E-state index contributed by atoms with van der Waals surface area (Å²) >= 11 is 3.48. The van der Waals surface area contributed by atoms with E-state index in [0.29, 0.717) is 5.92 Å². The van der Waals surface area contributed by atoms with Crippen LogP contribution in [0.1, 0.15) is 24.5 Å². The number of rotatable bonds is 3. The van der Waals surface area contributed by atoms with Gasteiger partial charge in [-0.2, -0.15) is 5.10 Å². The highest BCUT2D eigenvalue weighted by Crippen LogP contribution is 2.42. The fraction of sp³-hybridized carbons (Fsp3) is 0.385. The molecule has 3 rings (SSSR count). The Balaban J connectivity index is 2.11. The van der Waals surface area contributed by atoms with Crippen LogP contribution in [0.15, 0.2) is 22.7 Å². The molecular formula is C13H13BrN2O2. The van der Waals surface area contributed by atoms with E-state index < -0.39 is 0 Å². The molecule has 0 saturated heterocycles. The molecule has 1 aromatic carbocycles. The van der Waals surface area contributed by atoms with Crippen LogP contribution in [0.25, 0.3) is 10.9 Å². The van der Waals surface area contributed by atoms with Crippen LogP contribution < -0.4 is 0 Å². The molecule has 0 radical (unpaired) electrons. The van der Waals surface area contributed by atoms with Crippen molar-refractivity contribution >= 4 is 32.8 Å². The zero-order valence-electron chi connectivity index (χ0n) is 10.0. The van der Waals surface area contributed by atoms with Gasteiger partial charge in [0, 0.05) is 15.8 Å². The first-order chi connectivity index (χ1) is 8.69. The minimum Gasteiger partial charge on any atom is -0.468 e. The summed E-state index contributed by atoms with van der Waals surface area (Å²) in [6.07, 6.45) is 2.38. The van der Waals surface area contributed by atoms with E-state index in [0.717, 1.165) is 21.1 Å². The summed E-state index contributed by atoms with van der Waals surface area (Å²) in [5.41, 5.74) is 2.10. The summed E-state index contributed by atoms with van der Waals surface area (Å²) < 4.78 is 7.48. The standard InChI is InChI=1S/C13H13BrN2O2/c1-18-12(17)7-16-11-5-4-9(14)6-10(11)13(15-16)8-2-3-8/h4-6,8H,2-3,7H2,1H3. The van der Waals surface area contributed by atoms with Gasteiger partial charge in [0.25, 0.3) is 0 Å². The average Bonchev–Trinajstić information content (AvgIpc) is 3.14. The number of methoxy groups -OCH3 is 1. The van der Waals surface area contributed by atoms with Gasteiger partial charge in [-0.25, -0.2) is 0 Å². The molecule has 4 nitrogen and oxygen atoms in total. The first kappa shape index (κ1) is 11.7. The molecule has 0 atom stereocenters. The van der Waals surface area contributed by atoms with Gasteiger partial charge < -0.3 is 4.74 Å². The van der Waals surface area contributed by atoms with Crippen molar-refractivity contribution in [3.63, 3.8) is 0 Å². The number of nitrogens with zero attached hydrogens (tertiary/aromatic N) is 2. The Kier molecular flexibility index (Phi) is 2.86. The highest BCUT2D eigenvalue weighted by Gasteiger charge is 2.29. The van der Waals surface area contributed by atoms with Gasteiger partial charge in [0.2, 0.25) is 0 Å². The number of halogens is 1. The molecule has 18 heavy (non-hydrogen) atoms. The van der Waals surface area contributed by atoms with Crippen LogP contribution in [0, 0.1) is 0 Å². The van der Waals surface area contributed by atoms with E-state index >= 15 is 0 Å². The summed E-state index contributed by atoms with van der Waals surface area (Å²) in [6, 6.07) is 6.03. The number of aromatic nitrogens is 2. The number of fused-ring (bicyclic) bond motifs is 1. The van der Waals surface area contributed by atoms with Gasteiger partial charge in [0.05, 0.1) is 18.3 Å². The summed E-state index contributed by atoms with van der Waals surface area (Å²) in [7, 11) is 1.40. The molecule has 0 amide bonds. The van der Waals surface area contributed by atoms with Crippen LogP contribution in [0.2, 0.25) is 0 Å². The lowest BCUT2D eigenvalue weighted by Gasteiger charge is -2.01. The van der Waals surface area contributed by atoms with Crippen molar-refractivity contribution in [3.8, 4) is 0 Å². The smallest absolute Gasteiger partial charge is 0.327 e. The van der Waals surface area contributed by atoms with Crippen molar-refractivity contribution in [2.24, 2.45) is 0 Å². The summed E-state index contributed by atoms with van der Waals surface area (Å²) in [6.45, 7) is 0.168. The second kappa shape index (κ2) is 4.39. The van der Waals surface area contributed by atoms with E-state index in [1.54, 1.807) is 4.68 Å². The molecule has 1 saturated carbocycles. The van der Waals surface area contributed by atoms with E-state index in [2.05, 4.69) is 27.1 Å². The first-order valence-corrected chi connectivity index (χ1v) is 6.71. The van der Waals surface area contributed by atoms with Gasteiger partial charge in [-0.05, 0) is 31.0 Å². The van der Waals surface area contributed by atoms with Crippen molar-refractivity contribution in [2.45, 2.75) is 25.3 Å². The van der Waals surface area contributed by atoms with Crippen molar-refractivity contribution in [1.29, 1.82) is 0 Å². The van der Waals surface area contributed by atoms with E-state index in [-0.39, 0.29) is 12.5 Å². The monoisotopic (exact) mass is 308 g/mol. The fourth-order valence-corrected chi connectivity index (χ4v) is 2.50. The van der Waals surface area contributed by atoms with Gasteiger partial charge in [-0.1, -0.05) is 15.9 Å². The van der Waals surface area contributed by atoms with Crippen LogP contribution in [-0.4, -0.2) is 22.9 Å². The largest absolute Gasteiger partial charge is 0.468 e. The summed E-state index contributed by atoms with van der Waals surface area (Å²) in [5, 5.41) is 5.71. The van der Waals surface area contributed by atoms with Crippen molar-refractivity contribution in [3.05, 3.63) is 28.4 Å². The average molecular weight is 309 g/mol. The quantitative estimate of drug-likeness (QED) is 0.819. The van der Waals surface area contributed by atoms with E-state index in [4.69, 9.17) is 4.74 Å². The third-order valence-corrected chi connectivity index (χ3v) is 3.70. The Labute approximate surface area is 113 Å². The van der Waals surface area contributed by atoms with Crippen LogP contribution in [0.4, 0.5) is 0 Å². The molecule has 2 aromatic rings. The number of ether oxygens (including phenoxy) is 1. The minimum absolute atomic E-state index is 0.168. The molecule has 0 N–H and O–H groups in total. The SMILES string of the molecule is COC(=O)Cn1nc(C2CC2)c2cc(Br)ccc21. The summed E-state index contributed by atoms with van der Waals surface area (Å²) in [5.74, 6) is 0.283. The second-order valence-electron chi connectivity index (χ2n) is 4.55. The molecule has 1 heterocycles. The molecule has 0 spiro atoms. The van der Waals surface area contributed by atoms with Gasteiger partial charge >= 0.3 is 5.97 Å². The molecular weight excluding hydrogens is 296 g/mol. The highest BCUT2D eigenvalue weighted by molar-refractivity contribution is 9.10. The predicted octanol–water partition coefficient (Wildman–Crippen LogP) is 2.85. The Morgan fingerprint density at radius 1 is 1.56 bits per heavy atom. The number of hydrogen-bond acceptors (Lipinski definition) is 3. The molecule has 5 heteroatoms. The lowest BCUT2D eigenvalue weighted by molar-refractivity contribution is -0.141. The fourth-order valence-electron chi connectivity index (χ4n) is 2.14. The molecule has 1 aliphatic rings. The molecule has 0 bridgehead atoms. The molecule has 1 aliphatic carbocycles. The number of esters is 1. The van der Waals surface area contributed by atoms with Crippen LogP contribution in [-0.2, 0) is 16.1 Å². The van der Waals surface area contributed by atoms with Crippen molar-refractivity contribution in [1.82, 2.24) is 9.78 Å². The molecule has 0 unspecified atom stereocenters. The number of carbonyl (C=O) groups excluding carboxylic acids is 1. The maximum Gasteiger partial charge on any atom is 0.327 e. The number of carbonyl (C=O) groups is 1. The van der Waals surface area contributed by atoms with Crippen molar-refractivity contribution in [2.75, 3.05) is 7.11 Å². The normalized spacial score (nSPS) is 15.0. The second-order valence-corrected chi connectivity index (χ2v) is 5.47.